The van der Waals surface area contributed by atoms with Crippen molar-refractivity contribution in [3.05, 3.63) is 39.9 Å². The van der Waals surface area contributed by atoms with E-state index in [9.17, 15) is 14.4 Å². The standard InChI is InChI=1S/C18H21N3O5/c1-18(2,3)26-17(24)20-8-9-21-13(10-20)19-12-7-5-6-11(16(23)25-4)14(12)15(21)22/h5-7H,8-10H2,1-4H3. The van der Waals surface area contributed by atoms with E-state index in [4.69, 9.17) is 9.47 Å². The molecular weight excluding hydrogens is 338 g/mol. The maximum Gasteiger partial charge on any atom is 0.410 e. The van der Waals surface area contributed by atoms with Gasteiger partial charge in [-0.3, -0.25) is 14.3 Å². The highest BCUT2D eigenvalue weighted by molar-refractivity contribution is 6.03. The van der Waals surface area contributed by atoms with Crippen molar-refractivity contribution in [2.45, 2.75) is 39.5 Å². The Morgan fingerprint density at radius 2 is 1.92 bits per heavy atom. The quantitative estimate of drug-likeness (QED) is 0.723. The molecule has 0 saturated heterocycles. The summed E-state index contributed by atoms with van der Waals surface area (Å²) in [4.78, 5) is 43.1. The van der Waals surface area contributed by atoms with Gasteiger partial charge in [0.25, 0.3) is 5.56 Å². The van der Waals surface area contributed by atoms with Crippen molar-refractivity contribution < 1.29 is 19.1 Å². The van der Waals surface area contributed by atoms with E-state index < -0.39 is 17.7 Å². The van der Waals surface area contributed by atoms with E-state index >= 15 is 0 Å². The van der Waals surface area contributed by atoms with Crippen molar-refractivity contribution in [3.8, 4) is 0 Å². The number of nitrogens with zero attached hydrogens (tertiary/aromatic N) is 3. The van der Waals surface area contributed by atoms with E-state index in [2.05, 4.69) is 4.98 Å². The maximum atomic E-state index is 12.9. The SMILES string of the molecule is COC(=O)c1cccc2nc3n(c(=O)c12)CCN(C(=O)OC(C)(C)C)C3. The summed E-state index contributed by atoms with van der Waals surface area (Å²) in [6.07, 6.45) is -0.443. The molecule has 1 aliphatic heterocycles. The summed E-state index contributed by atoms with van der Waals surface area (Å²) in [6, 6.07) is 4.85. The van der Waals surface area contributed by atoms with E-state index in [1.165, 1.54) is 16.6 Å². The van der Waals surface area contributed by atoms with Crippen molar-refractivity contribution in [2.24, 2.45) is 0 Å². The van der Waals surface area contributed by atoms with Crippen LogP contribution in [-0.4, -0.2) is 45.8 Å². The zero-order chi connectivity index (χ0) is 19.1. The summed E-state index contributed by atoms with van der Waals surface area (Å²) < 4.78 is 11.6. The molecule has 0 unspecified atom stereocenters. The number of amides is 1. The molecule has 0 spiro atoms. The van der Waals surface area contributed by atoms with Gasteiger partial charge >= 0.3 is 12.1 Å². The highest BCUT2D eigenvalue weighted by Crippen LogP contribution is 2.19. The average molecular weight is 359 g/mol. The number of ether oxygens (including phenoxy) is 2. The Kier molecular flexibility index (Phi) is 4.43. The molecule has 0 aliphatic carbocycles. The minimum Gasteiger partial charge on any atom is -0.465 e. The highest BCUT2D eigenvalue weighted by Gasteiger charge is 2.28. The Bertz CT molecular complexity index is 942. The molecule has 1 aromatic heterocycles. The number of benzene rings is 1. The molecule has 0 fully saturated rings. The van der Waals surface area contributed by atoms with E-state index in [0.717, 1.165) is 0 Å². The molecule has 1 aliphatic rings. The third-order valence-electron chi connectivity index (χ3n) is 4.05. The van der Waals surface area contributed by atoms with Crippen LogP contribution in [0, 0.1) is 0 Å². The fourth-order valence-corrected chi connectivity index (χ4v) is 2.89. The normalized spacial score (nSPS) is 14.1. The second kappa shape index (κ2) is 6.44. The number of esters is 1. The molecule has 0 N–H and O–H groups in total. The van der Waals surface area contributed by atoms with Gasteiger partial charge in [0.15, 0.2) is 0 Å². The summed E-state index contributed by atoms with van der Waals surface area (Å²) in [5.41, 5.74) is -0.321. The van der Waals surface area contributed by atoms with Gasteiger partial charge in [-0.25, -0.2) is 14.6 Å². The van der Waals surface area contributed by atoms with Gasteiger partial charge in [0.2, 0.25) is 0 Å². The number of carbonyl (C=O) groups excluding carboxylic acids is 2. The maximum absolute atomic E-state index is 12.9. The van der Waals surface area contributed by atoms with Crippen LogP contribution < -0.4 is 5.56 Å². The van der Waals surface area contributed by atoms with Gasteiger partial charge in [0, 0.05) is 13.1 Å². The lowest BCUT2D eigenvalue weighted by Crippen LogP contribution is -2.45. The number of rotatable bonds is 1. The lowest BCUT2D eigenvalue weighted by Gasteiger charge is -2.31. The average Bonchev–Trinajstić information content (AvgIpc) is 2.58. The van der Waals surface area contributed by atoms with Crippen molar-refractivity contribution >= 4 is 23.0 Å². The van der Waals surface area contributed by atoms with E-state index in [-0.39, 0.29) is 29.6 Å². The Morgan fingerprint density at radius 1 is 1.19 bits per heavy atom. The monoisotopic (exact) mass is 359 g/mol. The van der Waals surface area contributed by atoms with Gasteiger partial charge in [0.1, 0.15) is 11.4 Å². The Hall–Kier alpha value is -2.90. The van der Waals surface area contributed by atoms with Gasteiger partial charge in [-0.2, -0.15) is 0 Å². The first-order valence-electron chi connectivity index (χ1n) is 8.30. The van der Waals surface area contributed by atoms with Crippen LogP contribution in [0.2, 0.25) is 0 Å². The van der Waals surface area contributed by atoms with Crippen LogP contribution in [0.4, 0.5) is 4.79 Å². The molecule has 0 atom stereocenters. The molecule has 0 radical (unpaired) electrons. The van der Waals surface area contributed by atoms with E-state index in [0.29, 0.717) is 17.9 Å². The second-order valence-electron chi connectivity index (χ2n) is 7.08. The molecule has 1 aromatic carbocycles. The van der Waals surface area contributed by atoms with Crippen LogP contribution in [0.15, 0.2) is 23.0 Å². The third-order valence-corrected chi connectivity index (χ3v) is 4.05. The number of carbonyl (C=O) groups is 2. The van der Waals surface area contributed by atoms with Crippen LogP contribution in [0.3, 0.4) is 0 Å². The third kappa shape index (κ3) is 3.26. The van der Waals surface area contributed by atoms with Crippen LogP contribution in [0.5, 0.6) is 0 Å². The number of methoxy groups -OCH3 is 1. The first kappa shape index (κ1) is 17.9. The summed E-state index contributed by atoms with van der Waals surface area (Å²) in [5, 5.41) is 0.230. The molecule has 8 heteroatoms. The fraction of sp³-hybridized carbons (Fsp3) is 0.444. The molecule has 1 amide bonds. The zero-order valence-corrected chi connectivity index (χ0v) is 15.2. The van der Waals surface area contributed by atoms with Crippen molar-refractivity contribution in [1.82, 2.24) is 14.5 Å². The smallest absolute Gasteiger partial charge is 0.410 e. The fourth-order valence-electron chi connectivity index (χ4n) is 2.89. The predicted octanol–water partition coefficient (Wildman–Crippen LogP) is 1.93. The summed E-state index contributed by atoms with van der Waals surface area (Å²) in [6.45, 7) is 6.18. The van der Waals surface area contributed by atoms with Crippen LogP contribution in [0.25, 0.3) is 10.9 Å². The van der Waals surface area contributed by atoms with Gasteiger partial charge in [-0.15, -0.1) is 0 Å². The Labute approximate surface area is 150 Å². The molecule has 2 heterocycles. The number of aromatic nitrogens is 2. The topological polar surface area (TPSA) is 90.7 Å². The van der Waals surface area contributed by atoms with E-state index in [1.807, 2.05) is 0 Å². The van der Waals surface area contributed by atoms with Crippen molar-refractivity contribution in [3.63, 3.8) is 0 Å². The molecule has 0 bridgehead atoms. The summed E-state index contributed by atoms with van der Waals surface area (Å²) >= 11 is 0. The molecular formula is C18H21N3O5. The molecule has 26 heavy (non-hydrogen) atoms. The van der Waals surface area contributed by atoms with Crippen molar-refractivity contribution in [1.29, 1.82) is 0 Å². The number of hydrogen-bond donors (Lipinski definition) is 0. The van der Waals surface area contributed by atoms with Crippen LogP contribution in [-0.2, 0) is 22.6 Å². The molecule has 3 rings (SSSR count). The van der Waals surface area contributed by atoms with Gasteiger partial charge < -0.3 is 9.47 Å². The first-order chi connectivity index (χ1) is 12.2. The number of fused-ring (bicyclic) bond motifs is 2. The minimum absolute atomic E-state index is 0.169. The lowest BCUT2D eigenvalue weighted by molar-refractivity contribution is 0.0192. The molecule has 0 saturated carbocycles. The van der Waals surface area contributed by atoms with Crippen molar-refractivity contribution in [2.75, 3.05) is 13.7 Å². The predicted molar refractivity (Wildman–Crippen MR) is 94.0 cm³/mol. The number of hydrogen-bond acceptors (Lipinski definition) is 6. The zero-order valence-electron chi connectivity index (χ0n) is 15.2. The Balaban J connectivity index is 2.02. The first-order valence-corrected chi connectivity index (χ1v) is 8.30. The van der Waals surface area contributed by atoms with E-state index in [1.54, 1.807) is 39.0 Å². The Morgan fingerprint density at radius 3 is 2.58 bits per heavy atom. The highest BCUT2D eigenvalue weighted by atomic mass is 16.6. The molecule has 8 nitrogen and oxygen atoms in total. The summed E-state index contributed by atoms with van der Waals surface area (Å²) in [7, 11) is 1.27. The van der Waals surface area contributed by atoms with Crippen LogP contribution in [0.1, 0.15) is 37.0 Å². The second-order valence-corrected chi connectivity index (χ2v) is 7.08. The largest absolute Gasteiger partial charge is 0.465 e. The molecule has 138 valence electrons. The summed E-state index contributed by atoms with van der Waals surface area (Å²) in [5.74, 6) is -0.122. The molecule has 2 aromatic rings. The van der Waals surface area contributed by atoms with Gasteiger partial charge in [-0.1, -0.05) is 6.07 Å². The van der Waals surface area contributed by atoms with Crippen LogP contribution >= 0.6 is 0 Å². The minimum atomic E-state index is -0.597. The van der Waals surface area contributed by atoms with Gasteiger partial charge in [-0.05, 0) is 32.9 Å². The van der Waals surface area contributed by atoms with Gasteiger partial charge in [0.05, 0.1) is 30.1 Å². The lowest BCUT2D eigenvalue weighted by atomic mass is 10.1.